The van der Waals surface area contributed by atoms with Crippen LogP contribution in [-0.2, 0) is 4.79 Å². The smallest absolute Gasteiger partial charge is 0.277 e. The zero-order valence-corrected chi connectivity index (χ0v) is 13.4. The number of nitro benzene ring substituents is 1. The van der Waals surface area contributed by atoms with Crippen LogP contribution in [0, 0.1) is 10.1 Å². The lowest BCUT2D eigenvalue weighted by Gasteiger charge is -2.12. The number of carbonyl (C=O) groups excluding carboxylic acids is 2. The zero-order chi connectivity index (χ0) is 16.4. The Morgan fingerprint density at radius 2 is 1.82 bits per heavy atom. The van der Waals surface area contributed by atoms with Crippen LogP contribution < -0.4 is 0 Å². The van der Waals surface area contributed by atoms with E-state index in [9.17, 15) is 19.7 Å². The Bertz CT molecular complexity index is 773. The fourth-order valence-electron chi connectivity index (χ4n) is 1.85. The molecule has 1 aliphatic rings. The second-order valence-electron chi connectivity index (χ2n) is 4.70. The first-order valence-corrected chi connectivity index (χ1v) is 7.07. The molecule has 0 saturated heterocycles. The van der Waals surface area contributed by atoms with Gasteiger partial charge in [-0.25, -0.2) is 4.99 Å². The van der Waals surface area contributed by atoms with Gasteiger partial charge in [0, 0.05) is 17.7 Å². The average molecular weight is 363 g/mol. The van der Waals surface area contributed by atoms with E-state index in [0.717, 1.165) is 0 Å². The lowest BCUT2D eigenvalue weighted by molar-refractivity contribution is -0.384. The van der Waals surface area contributed by atoms with Crippen molar-refractivity contribution in [2.45, 2.75) is 13.8 Å². The van der Waals surface area contributed by atoms with Gasteiger partial charge in [-0.2, -0.15) is 0 Å². The molecule has 0 unspecified atom stereocenters. The number of non-ortho nitro benzene ring substituents is 1. The summed E-state index contributed by atoms with van der Waals surface area (Å²) in [6.45, 7) is 3.33. The van der Waals surface area contributed by atoms with E-state index in [1.807, 2.05) is 0 Å². The van der Waals surface area contributed by atoms with E-state index in [2.05, 4.69) is 20.9 Å². The van der Waals surface area contributed by atoms with E-state index in [1.54, 1.807) is 19.9 Å². The number of hydrogen-bond donors (Lipinski definition) is 0. The van der Waals surface area contributed by atoms with Gasteiger partial charge in [-0.05, 0) is 59.1 Å². The number of hydrogen-bond acceptors (Lipinski definition) is 4. The Kier molecular flexibility index (Phi) is 4.46. The average Bonchev–Trinajstić information content (AvgIpc) is 2.50. The molecule has 6 nitrogen and oxygen atoms in total. The van der Waals surface area contributed by atoms with Gasteiger partial charge < -0.3 is 0 Å². The molecule has 112 valence electrons. The molecule has 0 aliphatic heterocycles. The maximum Gasteiger partial charge on any atom is 0.277 e. The predicted octanol–water partition coefficient (Wildman–Crippen LogP) is 3.37. The second kappa shape index (κ2) is 6.15. The van der Waals surface area contributed by atoms with Crippen LogP contribution in [0.5, 0.6) is 0 Å². The first-order valence-electron chi connectivity index (χ1n) is 6.28. The molecule has 0 fully saturated rings. The summed E-state index contributed by atoms with van der Waals surface area (Å²) in [6, 6.07) is 5.20. The van der Waals surface area contributed by atoms with Gasteiger partial charge >= 0.3 is 0 Å². The van der Waals surface area contributed by atoms with Gasteiger partial charge in [-0.15, -0.1) is 0 Å². The van der Waals surface area contributed by atoms with Crippen molar-refractivity contribution >= 4 is 39.0 Å². The highest BCUT2D eigenvalue weighted by Gasteiger charge is 2.21. The number of benzene rings is 1. The van der Waals surface area contributed by atoms with Crippen molar-refractivity contribution in [3.8, 4) is 0 Å². The van der Waals surface area contributed by atoms with Crippen LogP contribution in [-0.4, -0.2) is 22.3 Å². The van der Waals surface area contributed by atoms with E-state index in [0.29, 0.717) is 21.3 Å². The van der Waals surface area contributed by atoms with Crippen molar-refractivity contribution in [3.63, 3.8) is 0 Å². The fourth-order valence-corrected chi connectivity index (χ4v) is 2.37. The molecule has 0 bridgehead atoms. The van der Waals surface area contributed by atoms with Crippen molar-refractivity contribution in [1.29, 1.82) is 0 Å². The number of nitro groups is 1. The Morgan fingerprint density at radius 1 is 1.23 bits per heavy atom. The Balaban J connectivity index is 2.34. The van der Waals surface area contributed by atoms with Crippen molar-refractivity contribution in [3.05, 3.63) is 61.6 Å². The molecular weight excluding hydrogens is 352 g/mol. The van der Waals surface area contributed by atoms with Gasteiger partial charge in [-0.1, -0.05) is 0 Å². The van der Waals surface area contributed by atoms with Gasteiger partial charge in [0.05, 0.1) is 15.1 Å². The normalized spacial score (nSPS) is 16.8. The van der Waals surface area contributed by atoms with E-state index in [4.69, 9.17) is 0 Å². The molecule has 1 aromatic rings. The van der Waals surface area contributed by atoms with Crippen molar-refractivity contribution in [1.82, 2.24) is 0 Å². The highest BCUT2D eigenvalue weighted by atomic mass is 79.9. The van der Waals surface area contributed by atoms with Crippen LogP contribution >= 0.6 is 15.9 Å². The molecule has 1 aliphatic carbocycles. The minimum absolute atomic E-state index is 0.0953. The molecule has 0 spiro atoms. The lowest BCUT2D eigenvalue weighted by Crippen LogP contribution is -2.15. The largest absolute Gasteiger partial charge is 0.288 e. The topological polar surface area (TPSA) is 89.6 Å². The summed E-state index contributed by atoms with van der Waals surface area (Å²) in [5, 5.41) is 10.6. The molecule has 0 saturated carbocycles. The van der Waals surface area contributed by atoms with Crippen LogP contribution in [0.2, 0.25) is 0 Å². The van der Waals surface area contributed by atoms with Gasteiger partial charge in [-0.3, -0.25) is 19.7 Å². The molecule has 0 radical (unpaired) electrons. The molecule has 2 rings (SSSR count). The third-order valence-corrected chi connectivity index (χ3v) is 4.13. The summed E-state index contributed by atoms with van der Waals surface area (Å²) < 4.78 is 0.378. The third kappa shape index (κ3) is 3.09. The maximum atomic E-state index is 12.1. The number of amides is 1. The van der Waals surface area contributed by atoms with Crippen molar-refractivity contribution in [2.75, 3.05) is 0 Å². The Hall–Kier alpha value is -2.41. The van der Waals surface area contributed by atoms with Gasteiger partial charge in [0.2, 0.25) is 0 Å². The molecule has 1 aromatic carbocycles. The molecule has 1 amide bonds. The molecule has 0 N–H and O–H groups in total. The summed E-state index contributed by atoms with van der Waals surface area (Å²) in [5.41, 5.74) is 1.60. The zero-order valence-electron chi connectivity index (χ0n) is 11.8. The number of halogens is 1. The van der Waals surface area contributed by atoms with E-state index in [-0.39, 0.29) is 17.0 Å². The summed E-state index contributed by atoms with van der Waals surface area (Å²) in [6.07, 6.45) is 1.55. The second-order valence-corrected chi connectivity index (χ2v) is 5.49. The van der Waals surface area contributed by atoms with Crippen molar-refractivity contribution in [2.24, 2.45) is 4.99 Å². The maximum absolute atomic E-state index is 12.1. The first kappa shape index (κ1) is 16.0. The van der Waals surface area contributed by atoms with E-state index in [1.165, 1.54) is 24.3 Å². The van der Waals surface area contributed by atoms with Gasteiger partial charge in [0.15, 0.2) is 5.78 Å². The quantitative estimate of drug-likeness (QED) is 0.458. The fraction of sp³-hybridized carbons (Fsp3) is 0.133. The van der Waals surface area contributed by atoms with Crippen LogP contribution in [0.25, 0.3) is 0 Å². The summed E-state index contributed by atoms with van der Waals surface area (Å²) in [7, 11) is 0. The minimum Gasteiger partial charge on any atom is -0.288 e. The number of aliphatic imine (C=N–C) groups is 1. The SMILES string of the molecule is CC1=CC(=NC(=O)c2ccc([N+](=O)[O-])cc2)C(C)=C(Br)C1=O. The van der Waals surface area contributed by atoms with Crippen LogP contribution in [0.1, 0.15) is 24.2 Å². The molecule has 22 heavy (non-hydrogen) atoms. The Morgan fingerprint density at radius 3 is 2.36 bits per heavy atom. The minimum atomic E-state index is -0.539. The van der Waals surface area contributed by atoms with Gasteiger partial charge in [0.25, 0.3) is 11.6 Å². The van der Waals surface area contributed by atoms with Crippen LogP contribution in [0.15, 0.2) is 51.0 Å². The standard InChI is InChI=1S/C15H11BrN2O4/c1-8-7-12(9(2)13(16)14(8)19)17-15(20)10-3-5-11(6-4-10)18(21)22/h3-7H,1-2H3. The van der Waals surface area contributed by atoms with Crippen molar-refractivity contribution < 1.29 is 14.5 Å². The monoisotopic (exact) mass is 362 g/mol. The van der Waals surface area contributed by atoms with Gasteiger partial charge in [0.1, 0.15) is 0 Å². The van der Waals surface area contributed by atoms with Crippen LogP contribution in [0.3, 0.4) is 0 Å². The third-order valence-electron chi connectivity index (χ3n) is 3.17. The molecule has 0 aromatic heterocycles. The van der Waals surface area contributed by atoms with E-state index >= 15 is 0 Å². The molecular formula is C15H11BrN2O4. The highest BCUT2D eigenvalue weighted by Crippen LogP contribution is 2.24. The summed E-state index contributed by atoms with van der Waals surface area (Å²) in [5.74, 6) is -0.665. The summed E-state index contributed by atoms with van der Waals surface area (Å²) >= 11 is 3.19. The number of nitrogens with zero attached hydrogens (tertiary/aromatic N) is 2. The molecule has 0 atom stereocenters. The lowest BCUT2D eigenvalue weighted by atomic mass is 9.98. The first-order chi connectivity index (χ1) is 10.3. The molecule has 7 heteroatoms. The number of ketones is 1. The number of rotatable bonds is 2. The summed E-state index contributed by atoms with van der Waals surface area (Å²) in [4.78, 5) is 37.9. The van der Waals surface area contributed by atoms with Crippen LogP contribution in [0.4, 0.5) is 5.69 Å². The van der Waals surface area contributed by atoms with E-state index < -0.39 is 10.8 Å². The highest BCUT2D eigenvalue weighted by molar-refractivity contribution is 9.12. The number of Topliss-reactive ketones (excluding diaryl/α,β-unsaturated/α-hetero) is 1. The molecule has 0 heterocycles. The Labute approximate surface area is 134 Å². The number of carbonyl (C=O) groups is 2. The predicted molar refractivity (Wildman–Crippen MR) is 85.3 cm³/mol. The number of allylic oxidation sites excluding steroid dienone is 4.